The maximum absolute atomic E-state index is 6.07. The molecule has 1 aromatic carbocycles. The van der Waals surface area contributed by atoms with Crippen molar-refractivity contribution in [2.24, 2.45) is 0 Å². The van der Waals surface area contributed by atoms with Gasteiger partial charge in [0, 0.05) is 10.4 Å². The van der Waals surface area contributed by atoms with E-state index in [4.69, 9.17) is 5.73 Å². The number of rotatable bonds is 2. The van der Waals surface area contributed by atoms with Crippen LogP contribution >= 0.6 is 11.3 Å². The molecule has 0 saturated heterocycles. The number of fused-ring (bicyclic) bond motifs is 1. The first-order chi connectivity index (χ1) is 9.11. The summed E-state index contributed by atoms with van der Waals surface area (Å²) in [5.41, 5.74) is 11.1. The van der Waals surface area contributed by atoms with Crippen LogP contribution in [0.15, 0.2) is 24.4 Å². The Morgan fingerprint density at radius 1 is 1.32 bits per heavy atom. The van der Waals surface area contributed by atoms with E-state index in [1.54, 1.807) is 17.5 Å². The third-order valence-electron chi connectivity index (χ3n) is 3.42. The van der Waals surface area contributed by atoms with Crippen molar-refractivity contribution in [3.63, 3.8) is 0 Å². The quantitative estimate of drug-likeness (QED) is 0.770. The second kappa shape index (κ2) is 4.38. The molecule has 0 aliphatic heterocycles. The van der Waals surface area contributed by atoms with Gasteiger partial charge in [-0.3, -0.25) is 4.40 Å². The van der Waals surface area contributed by atoms with E-state index in [0.29, 0.717) is 5.82 Å². The monoisotopic (exact) mass is 271 g/mol. The molecule has 0 spiro atoms. The van der Waals surface area contributed by atoms with Gasteiger partial charge in [0.25, 0.3) is 0 Å². The minimum absolute atomic E-state index is 0.709. The number of nitrogen functional groups attached to an aromatic ring is 1. The molecule has 2 N–H and O–H groups in total. The Kier molecular flexibility index (Phi) is 2.82. The number of nitrogens with two attached hydrogens (primary N) is 1. The van der Waals surface area contributed by atoms with Crippen molar-refractivity contribution in [1.82, 2.24) is 9.38 Å². The molecule has 0 atom stereocenters. The van der Waals surface area contributed by atoms with Crippen LogP contribution in [-0.2, 0) is 6.42 Å². The number of hydrogen-bond donors (Lipinski definition) is 1. The van der Waals surface area contributed by atoms with Crippen LogP contribution in [0.5, 0.6) is 0 Å². The number of aryl methyl sites for hydroxylation is 3. The molecule has 3 aromatic rings. The Hall–Kier alpha value is -1.81. The van der Waals surface area contributed by atoms with Crippen LogP contribution in [0.4, 0.5) is 5.82 Å². The van der Waals surface area contributed by atoms with Crippen molar-refractivity contribution in [3.05, 3.63) is 40.4 Å². The van der Waals surface area contributed by atoms with Gasteiger partial charge in [0.15, 0.2) is 4.96 Å². The highest BCUT2D eigenvalue weighted by Crippen LogP contribution is 2.35. The summed E-state index contributed by atoms with van der Waals surface area (Å²) in [6.07, 6.45) is 2.73. The molecule has 0 radical (unpaired) electrons. The normalized spacial score (nSPS) is 11.3. The van der Waals surface area contributed by atoms with Gasteiger partial charge in [0.05, 0.1) is 11.9 Å². The van der Waals surface area contributed by atoms with E-state index in [2.05, 4.69) is 48.4 Å². The zero-order valence-corrected chi connectivity index (χ0v) is 12.2. The topological polar surface area (TPSA) is 43.3 Å². The standard InChI is InChI=1S/C15H17N3S/c1-4-12-14(11-6-5-9(2)7-10(11)3)18-13(16)8-17-15(18)19-12/h5-8H,4,16H2,1-3H3. The largest absolute Gasteiger partial charge is 0.383 e. The fraction of sp³-hybridized carbons (Fsp3) is 0.267. The number of anilines is 1. The van der Waals surface area contributed by atoms with Gasteiger partial charge < -0.3 is 5.73 Å². The Bertz CT molecular complexity index is 752. The van der Waals surface area contributed by atoms with Gasteiger partial charge in [0.1, 0.15) is 5.82 Å². The maximum Gasteiger partial charge on any atom is 0.196 e. The van der Waals surface area contributed by atoms with Crippen LogP contribution in [-0.4, -0.2) is 9.38 Å². The highest BCUT2D eigenvalue weighted by Gasteiger charge is 2.17. The van der Waals surface area contributed by atoms with Crippen LogP contribution in [0.2, 0.25) is 0 Å². The molecule has 19 heavy (non-hydrogen) atoms. The molecular formula is C15H17N3S. The molecule has 0 fully saturated rings. The summed E-state index contributed by atoms with van der Waals surface area (Å²) in [5, 5.41) is 0. The van der Waals surface area contributed by atoms with Crippen LogP contribution in [0.3, 0.4) is 0 Å². The van der Waals surface area contributed by atoms with Gasteiger partial charge in [0.2, 0.25) is 0 Å². The van der Waals surface area contributed by atoms with Crippen molar-refractivity contribution in [2.45, 2.75) is 27.2 Å². The molecule has 0 bridgehead atoms. The lowest BCUT2D eigenvalue weighted by Crippen LogP contribution is -1.97. The Morgan fingerprint density at radius 3 is 2.79 bits per heavy atom. The van der Waals surface area contributed by atoms with Crippen molar-refractivity contribution in [3.8, 4) is 11.3 Å². The number of benzene rings is 1. The smallest absolute Gasteiger partial charge is 0.196 e. The van der Waals surface area contributed by atoms with Crippen molar-refractivity contribution >= 4 is 22.1 Å². The van der Waals surface area contributed by atoms with E-state index < -0.39 is 0 Å². The van der Waals surface area contributed by atoms with E-state index in [1.165, 1.54) is 27.3 Å². The fourth-order valence-electron chi connectivity index (χ4n) is 2.52. The first-order valence-electron chi connectivity index (χ1n) is 6.44. The molecule has 98 valence electrons. The summed E-state index contributed by atoms with van der Waals surface area (Å²) >= 11 is 1.72. The van der Waals surface area contributed by atoms with Crippen LogP contribution in [0.1, 0.15) is 22.9 Å². The molecule has 0 unspecified atom stereocenters. The lowest BCUT2D eigenvalue weighted by Gasteiger charge is -2.09. The second-order valence-corrected chi connectivity index (χ2v) is 5.91. The summed E-state index contributed by atoms with van der Waals surface area (Å²) in [6.45, 7) is 6.44. The zero-order chi connectivity index (χ0) is 13.6. The first kappa shape index (κ1) is 12.2. The molecular weight excluding hydrogens is 254 g/mol. The minimum Gasteiger partial charge on any atom is -0.383 e. The Morgan fingerprint density at radius 2 is 2.11 bits per heavy atom. The third kappa shape index (κ3) is 1.83. The molecule has 0 amide bonds. The second-order valence-electron chi connectivity index (χ2n) is 4.85. The average molecular weight is 271 g/mol. The number of thiazole rings is 1. The number of nitrogens with zero attached hydrogens (tertiary/aromatic N) is 2. The van der Waals surface area contributed by atoms with Gasteiger partial charge in [-0.15, -0.1) is 11.3 Å². The van der Waals surface area contributed by atoms with Gasteiger partial charge in [-0.1, -0.05) is 30.7 Å². The van der Waals surface area contributed by atoms with Crippen molar-refractivity contribution < 1.29 is 0 Å². The number of hydrogen-bond acceptors (Lipinski definition) is 3. The maximum atomic E-state index is 6.07. The molecule has 3 nitrogen and oxygen atoms in total. The first-order valence-corrected chi connectivity index (χ1v) is 7.25. The molecule has 0 aliphatic rings. The van der Waals surface area contributed by atoms with Crippen molar-refractivity contribution in [1.29, 1.82) is 0 Å². The lowest BCUT2D eigenvalue weighted by atomic mass is 10.0. The minimum atomic E-state index is 0.709. The predicted molar refractivity (Wildman–Crippen MR) is 81.8 cm³/mol. The lowest BCUT2D eigenvalue weighted by molar-refractivity contribution is 1.14. The van der Waals surface area contributed by atoms with Gasteiger partial charge >= 0.3 is 0 Å². The Balaban J connectivity index is 2.36. The van der Waals surface area contributed by atoms with Gasteiger partial charge in [-0.25, -0.2) is 4.98 Å². The predicted octanol–water partition coefficient (Wildman–Crippen LogP) is 3.82. The summed E-state index contributed by atoms with van der Waals surface area (Å²) in [6, 6.07) is 6.55. The molecule has 2 heterocycles. The van der Waals surface area contributed by atoms with E-state index in [9.17, 15) is 0 Å². The van der Waals surface area contributed by atoms with Crippen molar-refractivity contribution in [2.75, 3.05) is 5.73 Å². The molecule has 3 rings (SSSR count). The summed E-state index contributed by atoms with van der Waals surface area (Å²) in [4.78, 5) is 6.69. The molecule has 4 heteroatoms. The van der Waals surface area contributed by atoms with E-state index in [1.807, 2.05) is 0 Å². The number of aromatic nitrogens is 2. The zero-order valence-electron chi connectivity index (χ0n) is 11.4. The Labute approximate surface area is 116 Å². The highest BCUT2D eigenvalue weighted by atomic mass is 32.1. The van der Waals surface area contributed by atoms with E-state index in [-0.39, 0.29) is 0 Å². The van der Waals surface area contributed by atoms with Crippen LogP contribution in [0.25, 0.3) is 16.2 Å². The third-order valence-corrected chi connectivity index (χ3v) is 4.62. The highest BCUT2D eigenvalue weighted by molar-refractivity contribution is 7.17. The van der Waals surface area contributed by atoms with Crippen LogP contribution in [0, 0.1) is 13.8 Å². The summed E-state index contributed by atoms with van der Waals surface area (Å²) in [7, 11) is 0. The summed E-state index contributed by atoms with van der Waals surface area (Å²) < 4.78 is 2.07. The van der Waals surface area contributed by atoms with E-state index >= 15 is 0 Å². The fourth-order valence-corrected chi connectivity index (χ4v) is 3.57. The van der Waals surface area contributed by atoms with Gasteiger partial charge in [-0.2, -0.15) is 0 Å². The molecule has 0 aliphatic carbocycles. The SMILES string of the molecule is CCc1sc2ncc(N)n2c1-c1ccc(C)cc1C. The van der Waals surface area contributed by atoms with Gasteiger partial charge in [-0.05, 0) is 25.8 Å². The molecule has 2 aromatic heterocycles. The van der Waals surface area contributed by atoms with E-state index in [0.717, 1.165) is 11.4 Å². The molecule has 0 saturated carbocycles. The average Bonchev–Trinajstić information content (AvgIpc) is 2.90. The summed E-state index contributed by atoms with van der Waals surface area (Å²) in [5.74, 6) is 0.709. The van der Waals surface area contributed by atoms with Crippen LogP contribution < -0.4 is 5.73 Å². The number of imidazole rings is 1.